The minimum absolute atomic E-state index is 0.945. The summed E-state index contributed by atoms with van der Waals surface area (Å²) in [7, 11) is 1.73. The van der Waals surface area contributed by atoms with Crippen LogP contribution in [0.5, 0.6) is 0 Å². The van der Waals surface area contributed by atoms with Crippen LogP contribution in [0.3, 0.4) is 0 Å². The smallest absolute Gasteiger partial charge is 0.185 e. The van der Waals surface area contributed by atoms with Crippen molar-refractivity contribution < 1.29 is 4.74 Å². The van der Waals surface area contributed by atoms with Gasteiger partial charge in [-0.3, -0.25) is 0 Å². The van der Waals surface area contributed by atoms with Gasteiger partial charge in [-0.25, -0.2) is 0 Å². The molecule has 0 aliphatic carbocycles. The van der Waals surface area contributed by atoms with E-state index in [4.69, 9.17) is 4.74 Å². The quantitative estimate of drug-likeness (QED) is 0.723. The van der Waals surface area contributed by atoms with Crippen LogP contribution in [0.15, 0.2) is 42.3 Å². The number of benzene rings is 1. The highest BCUT2D eigenvalue weighted by Gasteiger charge is 2.14. The Bertz CT molecular complexity index is 318. The third-order valence-electron chi connectivity index (χ3n) is 2.46. The standard InChI is InChI=1S/C12H15NO/c1-14-12-8-5-9-13(12)10-11-6-3-2-4-7-11/h2-4,6-8H,5,9-10H2,1H3. The van der Waals surface area contributed by atoms with Crippen molar-refractivity contribution in [2.24, 2.45) is 0 Å². The second kappa shape index (κ2) is 4.18. The number of methoxy groups -OCH3 is 1. The summed E-state index contributed by atoms with van der Waals surface area (Å²) in [4.78, 5) is 2.26. The van der Waals surface area contributed by atoms with Gasteiger partial charge in [0.1, 0.15) is 0 Å². The van der Waals surface area contributed by atoms with E-state index in [0.717, 1.165) is 25.4 Å². The fourth-order valence-electron chi connectivity index (χ4n) is 1.76. The zero-order valence-electron chi connectivity index (χ0n) is 8.44. The first kappa shape index (κ1) is 9.13. The normalized spacial score (nSPS) is 15.5. The van der Waals surface area contributed by atoms with Crippen LogP contribution in [0.1, 0.15) is 12.0 Å². The van der Waals surface area contributed by atoms with Gasteiger partial charge in [-0.1, -0.05) is 30.3 Å². The molecule has 1 aliphatic heterocycles. The first-order chi connectivity index (χ1) is 6.90. The van der Waals surface area contributed by atoms with E-state index in [9.17, 15) is 0 Å². The summed E-state index contributed by atoms with van der Waals surface area (Å²) in [5.74, 6) is 1.01. The lowest BCUT2D eigenvalue weighted by Gasteiger charge is -2.20. The van der Waals surface area contributed by atoms with Crippen molar-refractivity contribution in [1.82, 2.24) is 4.90 Å². The molecule has 0 aromatic heterocycles. The summed E-state index contributed by atoms with van der Waals surface area (Å²) < 4.78 is 5.28. The van der Waals surface area contributed by atoms with Crippen LogP contribution < -0.4 is 0 Å². The highest BCUT2D eigenvalue weighted by atomic mass is 16.5. The Kier molecular flexibility index (Phi) is 2.73. The van der Waals surface area contributed by atoms with Gasteiger partial charge < -0.3 is 9.64 Å². The van der Waals surface area contributed by atoms with Gasteiger partial charge in [0.2, 0.25) is 0 Å². The van der Waals surface area contributed by atoms with E-state index in [0.29, 0.717) is 0 Å². The Morgan fingerprint density at radius 1 is 1.29 bits per heavy atom. The molecule has 1 aromatic carbocycles. The third kappa shape index (κ3) is 1.90. The van der Waals surface area contributed by atoms with Gasteiger partial charge in [-0.15, -0.1) is 0 Å². The number of rotatable bonds is 3. The molecule has 0 N–H and O–H groups in total. The maximum absolute atomic E-state index is 5.28. The zero-order valence-corrected chi connectivity index (χ0v) is 8.44. The Balaban J connectivity index is 2.02. The second-order valence-electron chi connectivity index (χ2n) is 3.44. The maximum Gasteiger partial charge on any atom is 0.185 e. The van der Waals surface area contributed by atoms with Gasteiger partial charge in [-0.2, -0.15) is 0 Å². The van der Waals surface area contributed by atoms with Crippen LogP contribution in [0.25, 0.3) is 0 Å². The number of hydrogen-bond acceptors (Lipinski definition) is 2. The fraction of sp³-hybridized carbons (Fsp3) is 0.333. The van der Waals surface area contributed by atoms with E-state index in [1.165, 1.54) is 5.56 Å². The molecule has 0 spiro atoms. The first-order valence-corrected chi connectivity index (χ1v) is 4.93. The summed E-state index contributed by atoms with van der Waals surface area (Å²) >= 11 is 0. The molecule has 0 saturated carbocycles. The molecule has 14 heavy (non-hydrogen) atoms. The highest BCUT2D eigenvalue weighted by Crippen LogP contribution is 2.18. The molecule has 1 aromatic rings. The summed E-state index contributed by atoms with van der Waals surface area (Å²) in [6.45, 7) is 2.01. The van der Waals surface area contributed by atoms with E-state index >= 15 is 0 Å². The molecule has 1 aliphatic rings. The molecule has 0 atom stereocenters. The highest BCUT2D eigenvalue weighted by molar-refractivity contribution is 5.16. The van der Waals surface area contributed by atoms with E-state index in [2.05, 4.69) is 35.2 Å². The monoisotopic (exact) mass is 189 g/mol. The van der Waals surface area contributed by atoms with Crippen molar-refractivity contribution >= 4 is 0 Å². The molecular formula is C12H15NO. The fourth-order valence-corrected chi connectivity index (χ4v) is 1.76. The number of ether oxygens (including phenoxy) is 1. The molecule has 0 unspecified atom stereocenters. The van der Waals surface area contributed by atoms with Crippen LogP contribution in [0, 0.1) is 0 Å². The molecular weight excluding hydrogens is 174 g/mol. The topological polar surface area (TPSA) is 12.5 Å². The van der Waals surface area contributed by atoms with Gasteiger partial charge in [0.15, 0.2) is 5.88 Å². The third-order valence-corrected chi connectivity index (χ3v) is 2.46. The van der Waals surface area contributed by atoms with Gasteiger partial charge in [0, 0.05) is 13.1 Å². The van der Waals surface area contributed by atoms with Crippen LogP contribution in [0.4, 0.5) is 0 Å². The SMILES string of the molecule is COC1=CCCN1Cc1ccccc1. The molecule has 0 radical (unpaired) electrons. The number of hydrogen-bond donors (Lipinski definition) is 0. The average Bonchev–Trinajstić information content (AvgIpc) is 2.67. The van der Waals surface area contributed by atoms with E-state index in [1.54, 1.807) is 7.11 Å². The molecule has 2 heteroatoms. The first-order valence-electron chi connectivity index (χ1n) is 4.93. The zero-order chi connectivity index (χ0) is 9.80. The summed E-state index contributed by atoms with van der Waals surface area (Å²) in [6, 6.07) is 10.5. The van der Waals surface area contributed by atoms with Gasteiger partial charge in [0.05, 0.1) is 7.11 Å². The molecule has 74 valence electrons. The van der Waals surface area contributed by atoms with Crippen molar-refractivity contribution in [3.8, 4) is 0 Å². The predicted octanol–water partition coefficient (Wildman–Crippen LogP) is 2.38. The Morgan fingerprint density at radius 2 is 2.07 bits per heavy atom. The Labute approximate surface area is 84.8 Å². The van der Waals surface area contributed by atoms with Crippen molar-refractivity contribution in [3.63, 3.8) is 0 Å². The summed E-state index contributed by atoms with van der Waals surface area (Å²) in [5, 5.41) is 0. The van der Waals surface area contributed by atoms with Crippen LogP contribution in [-0.4, -0.2) is 18.6 Å². The van der Waals surface area contributed by atoms with Crippen LogP contribution in [0.2, 0.25) is 0 Å². The molecule has 2 nitrogen and oxygen atoms in total. The maximum atomic E-state index is 5.28. The minimum Gasteiger partial charge on any atom is -0.483 e. The molecule has 0 saturated heterocycles. The molecule has 1 heterocycles. The Hall–Kier alpha value is -1.44. The van der Waals surface area contributed by atoms with Gasteiger partial charge in [0.25, 0.3) is 0 Å². The van der Waals surface area contributed by atoms with E-state index in [1.807, 2.05) is 6.07 Å². The van der Waals surface area contributed by atoms with Crippen LogP contribution in [-0.2, 0) is 11.3 Å². The van der Waals surface area contributed by atoms with Crippen molar-refractivity contribution in [2.45, 2.75) is 13.0 Å². The lowest BCUT2D eigenvalue weighted by molar-refractivity contribution is 0.165. The molecule has 0 fully saturated rings. The summed E-state index contributed by atoms with van der Waals surface area (Å²) in [5.41, 5.74) is 1.33. The lowest BCUT2D eigenvalue weighted by atomic mass is 10.2. The predicted molar refractivity (Wildman–Crippen MR) is 56.6 cm³/mol. The van der Waals surface area contributed by atoms with Crippen molar-refractivity contribution in [2.75, 3.05) is 13.7 Å². The number of nitrogens with zero attached hydrogens (tertiary/aromatic N) is 1. The van der Waals surface area contributed by atoms with Crippen LogP contribution >= 0.6 is 0 Å². The second-order valence-corrected chi connectivity index (χ2v) is 3.44. The Morgan fingerprint density at radius 3 is 2.79 bits per heavy atom. The average molecular weight is 189 g/mol. The molecule has 0 bridgehead atoms. The molecule has 0 amide bonds. The van der Waals surface area contributed by atoms with Crippen molar-refractivity contribution in [1.29, 1.82) is 0 Å². The largest absolute Gasteiger partial charge is 0.483 e. The minimum atomic E-state index is 0.945. The van der Waals surface area contributed by atoms with E-state index < -0.39 is 0 Å². The summed E-state index contributed by atoms with van der Waals surface area (Å²) in [6.07, 6.45) is 3.24. The van der Waals surface area contributed by atoms with Gasteiger partial charge >= 0.3 is 0 Å². The molecule has 2 rings (SSSR count). The lowest BCUT2D eigenvalue weighted by Crippen LogP contribution is -2.19. The van der Waals surface area contributed by atoms with Gasteiger partial charge in [-0.05, 0) is 18.1 Å². The van der Waals surface area contributed by atoms with Crippen molar-refractivity contribution in [3.05, 3.63) is 47.9 Å². The van der Waals surface area contributed by atoms with E-state index in [-0.39, 0.29) is 0 Å².